The molecule has 1 fully saturated rings. The molecule has 4 rings (SSSR count). The van der Waals surface area contributed by atoms with E-state index in [1.165, 1.54) is 29.2 Å². The molecular formula is C28H27FN2O4. The molecular weight excluding hydrogens is 447 g/mol. The van der Waals surface area contributed by atoms with Crippen molar-refractivity contribution >= 4 is 17.4 Å². The van der Waals surface area contributed by atoms with Gasteiger partial charge >= 0.3 is 0 Å². The highest BCUT2D eigenvalue weighted by Crippen LogP contribution is 2.42. The van der Waals surface area contributed by atoms with E-state index >= 15 is 0 Å². The van der Waals surface area contributed by atoms with Gasteiger partial charge in [0.25, 0.3) is 11.7 Å². The number of likely N-dealkylation sites (tertiary alicyclic amines) is 1. The molecule has 1 aromatic heterocycles. The van der Waals surface area contributed by atoms with Crippen LogP contribution in [0.4, 0.5) is 4.39 Å². The average Bonchev–Trinajstić information content (AvgIpc) is 3.09. The lowest BCUT2D eigenvalue weighted by Crippen LogP contribution is -2.29. The van der Waals surface area contributed by atoms with E-state index in [9.17, 15) is 19.1 Å². The van der Waals surface area contributed by atoms with Gasteiger partial charge in [-0.3, -0.25) is 14.6 Å². The number of halogens is 1. The second-order valence-electron chi connectivity index (χ2n) is 8.90. The van der Waals surface area contributed by atoms with Gasteiger partial charge in [0.1, 0.15) is 17.3 Å². The molecule has 1 N–H and O–H groups in total. The third kappa shape index (κ3) is 4.54. The Hall–Kier alpha value is -4.00. The number of aliphatic hydroxyl groups excluding tert-OH is 1. The molecule has 1 amide bonds. The summed E-state index contributed by atoms with van der Waals surface area (Å²) < 4.78 is 19.2. The summed E-state index contributed by atoms with van der Waals surface area (Å²) in [6, 6.07) is 11.9. The highest BCUT2D eigenvalue weighted by molar-refractivity contribution is 6.46. The van der Waals surface area contributed by atoms with Crippen molar-refractivity contribution in [2.75, 3.05) is 7.11 Å². The van der Waals surface area contributed by atoms with Crippen LogP contribution in [-0.4, -0.2) is 33.8 Å². The molecule has 180 valence electrons. The maximum atomic E-state index is 13.7. The van der Waals surface area contributed by atoms with Crippen LogP contribution in [0.5, 0.6) is 5.75 Å². The van der Waals surface area contributed by atoms with E-state index in [0.717, 1.165) is 11.1 Å². The first-order valence-electron chi connectivity index (χ1n) is 11.3. The minimum absolute atomic E-state index is 0.0338. The van der Waals surface area contributed by atoms with E-state index in [-0.39, 0.29) is 23.8 Å². The van der Waals surface area contributed by atoms with Crippen molar-refractivity contribution in [1.29, 1.82) is 0 Å². The molecule has 2 aromatic carbocycles. The van der Waals surface area contributed by atoms with Gasteiger partial charge in [-0.2, -0.15) is 0 Å². The van der Waals surface area contributed by atoms with Crippen LogP contribution >= 0.6 is 0 Å². The van der Waals surface area contributed by atoms with E-state index in [1.807, 2.05) is 19.9 Å². The molecule has 2 heterocycles. The molecule has 3 aromatic rings. The Kier molecular flexibility index (Phi) is 6.69. The lowest BCUT2D eigenvalue weighted by atomic mass is 9.91. The fraction of sp³-hybridized carbons (Fsp3) is 0.250. The number of pyridine rings is 1. The SMILES string of the molecule is COc1cc(C)c(/C(O)=C2\C(=O)C(=O)N(Cc3cccnc3)C2c2ccc(F)cc2)cc1C(C)C. The van der Waals surface area contributed by atoms with Gasteiger partial charge in [-0.25, -0.2) is 4.39 Å². The minimum Gasteiger partial charge on any atom is -0.507 e. The first-order chi connectivity index (χ1) is 16.7. The number of amides is 1. The third-order valence-electron chi connectivity index (χ3n) is 6.26. The molecule has 0 bridgehead atoms. The number of Topliss-reactive ketones (excluding diaryl/α,β-unsaturated/α-hetero) is 1. The van der Waals surface area contributed by atoms with Gasteiger partial charge in [-0.1, -0.05) is 32.0 Å². The number of aliphatic hydroxyl groups is 1. The largest absolute Gasteiger partial charge is 0.507 e. The van der Waals surface area contributed by atoms with Crippen LogP contribution in [0.15, 0.2) is 66.5 Å². The Balaban J connectivity index is 1.91. The van der Waals surface area contributed by atoms with Crippen LogP contribution in [0.25, 0.3) is 5.76 Å². The van der Waals surface area contributed by atoms with Gasteiger partial charge in [0.15, 0.2) is 0 Å². The smallest absolute Gasteiger partial charge is 0.295 e. The Morgan fingerprint density at radius 3 is 2.49 bits per heavy atom. The number of hydrogen-bond donors (Lipinski definition) is 1. The molecule has 1 unspecified atom stereocenters. The summed E-state index contributed by atoms with van der Waals surface area (Å²) in [4.78, 5) is 32.0. The number of aromatic nitrogens is 1. The van der Waals surface area contributed by atoms with Gasteiger partial charge in [0.05, 0.1) is 18.7 Å². The number of carbonyl (C=O) groups excluding carboxylic acids is 2. The summed E-state index contributed by atoms with van der Waals surface area (Å²) in [5, 5.41) is 11.5. The second kappa shape index (κ2) is 9.70. The number of carbonyl (C=O) groups is 2. The molecule has 0 aliphatic carbocycles. The fourth-order valence-corrected chi connectivity index (χ4v) is 4.45. The number of methoxy groups -OCH3 is 1. The summed E-state index contributed by atoms with van der Waals surface area (Å²) >= 11 is 0. The highest BCUT2D eigenvalue weighted by atomic mass is 19.1. The van der Waals surface area contributed by atoms with Crippen molar-refractivity contribution in [3.63, 3.8) is 0 Å². The topological polar surface area (TPSA) is 79.7 Å². The normalized spacial score (nSPS) is 17.3. The highest BCUT2D eigenvalue weighted by Gasteiger charge is 2.46. The van der Waals surface area contributed by atoms with Crippen LogP contribution in [0.3, 0.4) is 0 Å². The fourth-order valence-electron chi connectivity index (χ4n) is 4.45. The van der Waals surface area contributed by atoms with Gasteiger partial charge in [-0.05, 0) is 65.4 Å². The number of benzene rings is 2. The number of hydrogen-bond acceptors (Lipinski definition) is 5. The molecule has 0 spiro atoms. The molecule has 0 radical (unpaired) electrons. The van der Waals surface area contributed by atoms with E-state index in [1.54, 1.807) is 44.6 Å². The van der Waals surface area contributed by atoms with Gasteiger partial charge in [0, 0.05) is 24.5 Å². The van der Waals surface area contributed by atoms with E-state index in [4.69, 9.17) is 4.74 Å². The number of ether oxygens (including phenoxy) is 1. The zero-order valence-electron chi connectivity index (χ0n) is 20.1. The summed E-state index contributed by atoms with van der Waals surface area (Å²) in [5.74, 6) is -1.46. The summed E-state index contributed by atoms with van der Waals surface area (Å²) in [6.45, 7) is 5.92. The number of aryl methyl sites for hydroxylation is 1. The predicted molar refractivity (Wildman–Crippen MR) is 130 cm³/mol. The van der Waals surface area contributed by atoms with Gasteiger partial charge in [0.2, 0.25) is 0 Å². The summed E-state index contributed by atoms with van der Waals surface area (Å²) in [6.07, 6.45) is 3.23. The van der Waals surface area contributed by atoms with Crippen molar-refractivity contribution in [3.8, 4) is 5.75 Å². The van der Waals surface area contributed by atoms with E-state index in [2.05, 4.69) is 4.98 Å². The maximum absolute atomic E-state index is 13.7. The van der Waals surface area contributed by atoms with Crippen LogP contribution in [0.2, 0.25) is 0 Å². The van der Waals surface area contributed by atoms with Crippen molar-refractivity contribution in [1.82, 2.24) is 9.88 Å². The number of ketones is 1. The van der Waals surface area contributed by atoms with Crippen molar-refractivity contribution in [3.05, 3.63) is 100 Å². The Morgan fingerprint density at radius 2 is 1.89 bits per heavy atom. The van der Waals surface area contributed by atoms with Crippen LogP contribution in [-0.2, 0) is 16.1 Å². The van der Waals surface area contributed by atoms with E-state index < -0.39 is 23.5 Å². The molecule has 1 atom stereocenters. The third-order valence-corrected chi connectivity index (χ3v) is 6.26. The molecule has 0 saturated carbocycles. The Morgan fingerprint density at radius 1 is 1.17 bits per heavy atom. The zero-order valence-corrected chi connectivity index (χ0v) is 20.1. The average molecular weight is 475 g/mol. The van der Waals surface area contributed by atoms with Crippen LogP contribution < -0.4 is 4.74 Å². The molecule has 6 nitrogen and oxygen atoms in total. The lowest BCUT2D eigenvalue weighted by Gasteiger charge is -2.25. The molecule has 1 aliphatic rings. The number of nitrogens with zero attached hydrogens (tertiary/aromatic N) is 2. The van der Waals surface area contributed by atoms with Crippen molar-refractivity contribution in [2.24, 2.45) is 0 Å². The Labute approximate surface area is 203 Å². The van der Waals surface area contributed by atoms with Gasteiger partial charge < -0.3 is 14.7 Å². The quantitative estimate of drug-likeness (QED) is 0.299. The zero-order chi connectivity index (χ0) is 25.3. The minimum atomic E-state index is -0.889. The predicted octanol–water partition coefficient (Wildman–Crippen LogP) is 5.28. The standard InChI is InChI=1S/C28H27FN2O4/c1-16(2)21-13-22(17(3)12-23(21)35-4)26(32)24-25(19-7-9-20(29)10-8-19)31(28(34)27(24)33)15-18-6-5-11-30-14-18/h5-14,16,25,32H,15H2,1-4H3/b26-24+. The monoisotopic (exact) mass is 474 g/mol. The maximum Gasteiger partial charge on any atom is 0.295 e. The number of rotatable bonds is 6. The molecule has 1 aliphatic heterocycles. The van der Waals surface area contributed by atoms with Crippen molar-refractivity contribution < 1.29 is 23.8 Å². The molecule has 7 heteroatoms. The first-order valence-corrected chi connectivity index (χ1v) is 11.3. The second-order valence-corrected chi connectivity index (χ2v) is 8.90. The lowest BCUT2D eigenvalue weighted by molar-refractivity contribution is -0.140. The van der Waals surface area contributed by atoms with E-state index in [0.29, 0.717) is 22.4 Å². The molecule has 35 heavy (non-hydrogen) atoms. The summed E-state index contributed by atoms with van der Waals surface area (Å²) in [5.41, 5.74) is 3.22. The Bertz CT molecular complexity index is 1300. The van der Waals surface area contributed by atoms with Crippen LogP contribution in [0.1, 0.15) is 53.6 Å². The van der Waals surface area contributed by atoms with Crippen molar-refractivity contribution in [2.45, 2.75) is 39.3 Å². The van der Waals surface area contributed by atoms with Gasteiger partial charge in [-0.15, -0.1) is 0 Å². The molecule has 1 saturated heterocycles. The summed E-state index contributed by atoms with van der Waals surface area (Å²) in [7, 11) is 1.58. The first kappa shape index (κ1) is 24.1. The van der Waals surface area contributed by atoms with Crippen LogP contribution in [0, 0.1) is 12.7 Å².